The first kappa shape index (κ1) is 15.7. The van der Waals surface area contributed by atoms with Gasteiger partial charge in [-0.25, -0.2) is 4.79 Å². The van der Waals surface area contributed by atoms with Crippen molar-refractivity contribution in [2.75, 3.05) is 20.2 Å². The Labute approximate surface area is 103 Å². The number of ether oxygens (including phenoxy) is 2. The predicted octanol–water partition coefficient (Wildman–Crippen LogP) is 0.331. The quantitative estimate of drug-likeness (QED) is 0.229. The number of carbonyl (C=O) groups excluding carboxylic acids is 1. The van der Waals surface area contributed by atoms with Crippen LogP contribution in [-0.4, -0.2) is 53.7 Å². The molecule has 0 aromatic heterocycles. The van der Waals surface area contributed by atoms with E-state index in [1.165, 1.54) is 14.0 Å². The summed E-state index contributed by atoms with van der Waals surface area (Å²) in [6, 6.07) is 0. The lowest BCUT2D eigenvalue weighted by Crippen LogP contribution is -2.32. The van der Waals surface area contributed by atoms with Crippen molar-refractivity contribution in [1.82, 2.24) is 5.01 Å². The maximum absolute atomic E-state index is 11.1. The van der Waals surface area contributed by atoms with Gasteiger partial charge in [0.1, 0.15) is 0 Å². The summed E-state index contributed by atoms with van der Waals surface area (Å²) in [5.41, 5.74) is 0. The van der Waals surface area contributed by atoms with Crippen molar-refractivity contribution in [3.8, 4) is 0 Å². The number of hydrogen-bond acceptors (Lipinski definition) is 7. The summed E-state index contributed by atoms with van der Waals surface area (Å²) < 4.78 is 8.98. The van der Waals surface area contributed by atoms with E-state index < -0.39 is 25.0 Å². The SMILES string of the molecule is CCOC(=O)OC(C)ON=[N+]([O-])N(C)CC(=O)O. The minimum Gasteiger partial charge on any atom is -0.569 e. The average Bonchev–Trinajstić information content (AvgIpc) is 2.25. The van der Waals surface area contributed by atoms with Gasteiger partial charge in [0.2, 0.25) is 5.28 Å². The van der Waals surface area contributed by atoms with Crippen LogP contribution in [0.4, 0.5) is 4.79 Å². The van der Waals surface area contributed by atoms with Gasteiger partial charge in [-0.05, 0) is 6.92 Å². The van der Waals surface area contributed by atoms with Gasteiger partial charge in [-0.3, -0.25) is 9.63 Å². The van der Waals surface area contributed by atoms with Crippen LogP contribution in [0.25, 0.3) is 0 Å². The number of hydrogen-bond donors (Lipinski definition) is 1. The topological polar surface area (TPSA) is 124 Å². The fraction of sp³-hybridized carbons (Fsp3) is 0.750. The van der Waals surface area contributed by atoms with Crippen LogP contribution < -0.4 is 0 Å². The second-order valence-electron chi connectivity index (χ2n) is 3.02. The molecular weight excluding hydrogens is 250 g/mol. The van der Waals surface area contributed by atoms with E-state index in [9.17, 15) is 14.8 Å². The molecule has 0 rings (SSSR count). The van der Waals surface area contributed by atoms with Gasteiger partial charge in [0, 0.05) is 6.92 Å². The molecule has 104 valence electrons. The molecular formula is C8H15N3O7. The van der Waals surface area contributed by atoms with Crippen molar-refractivity contribution in [2.24, 2.45) is 5.28 Å². The molecule has 0 radical (unpaired) electrons. The molecule has 0 saturated heterocycles. The van der Waals surface area contributed by atoms with Crippen molar-refractivity contribution < 1.29 is 34.0 Å². The summed E-state index contributed by atoms with van der Waals surface area (Å²) in [4.78, 5) is 25.5. The molecule has 10 heteroatoms. The first-order valence-electron chi connectivity index (χ1n) is 4.97. The van der Waals surface area contributed by atoms with E-state index in [2.05, 4.69) is 19.6 Å². The van der Waals surface area contributed by atoms with E-state index in [-0.39, 0.29) is 11.6 Å². The van der Waals surface area contributed by atoms with E-state index in [0.29, 0.717) is 0 Å². The number of carboxylic acids is 1. The molecule has 0 amide bonds. The fourth-order valence-corrected chi connectivity index (χ4v) is 0.734. The zero-order chi connectivity index (χ0) is 14.1. The third kappa shape index (κ3) is 7.09. The molecule has 1 N–H and O–H groups in total. The summed E-state index contributed by atoms with van der Waals surface area (Å²) in [7, 11) is 1.20. The van der Waals surface area contributed by atoms with Gasteiger partial charge in [-0.15, -0.1) is 5.01 Å². The third-order valence-electron chi connectivity index (χ3n) is 1.45. The van der Waals surface area contributed by atoms with Crippen LogP contribution >= 0.6 is 0 Å². The van der Waals surface area contributed by atoms with E-state index in [1.807, 2.05) is 0 Å². The zero-order valence-corrected chi connectivity index (χ0v) is 10.2. The number of hydrazine groups is 1. The van der Waals surface area contributed by atoms with Gasteiger partial charge in [0.25, 0.3) is 6.29 Å². The largest absolute Gasteiger partial charge is 0.569 e. The number of aliphatic carboxylic acids is 1. The summed E-state index contributed by atoms with van der Waals surface area (Å²) in [6.07, 6.45) is -2.10. The first-order chi connectivity index (χ1) is 8.36. The van der Waals surface area contributed by atoms with Crippen LogP contribution in [0.1, 0.15) is 13.8 Å². The standard InChI is InChI=1S/C8H15N3O7/c1-4-16-8(14)17-6(2)18-9-11(15)10(3)5-7(12)13/h6H,4-5H2,1-3H3,(H,12,13). The Bertz CT molecular complexity index is 320. The Morgan fingerprint density at radius 1 is 1.56 bits per heavy atom. The summed E-state index contributed by atoms with van der Waals surface area (Å²) in [5.74, 6) is -1.20. The molecule has 0 saturated carbocycles. The highest BCUT2D eigenvalue weighted by molar-refractivity contribution is 5.68. The second kappa shape index (κ2) is 7.92. The lowest BCUT2D eigenvalue weighted by atomic mass is 10.7. The molecule has 0 bridgehead atoms. The molecule has 10 nitrogen and oxygen atoms in total. The predicted molar refractivity (Wildman–Crippen MR) is 55.0 cm³/mol. The molecule has 0 aliphatic heterocycles. The Balaban J connectivity index is 4.11. The summed E-state index contributed by atoms with van der Waals surface area (Å²) in [5, 5.41) is 23.3. The first-order valence-corrected chi connectivity index (χ1v) is 4.97. The lowest BCUT2D eigenvalue weighted by Gasteiger charge is -2.12. The molecule has 0 spiro atoms. The van der Waals surface area contributed by atoms with Crippen LogP contribution in [0.5, 0.6) is 0 Å². The number of carboxylic acid groups (broad SMARTS) is 1. The van der Waals surface area contributed by atoms with Gasteiger partial charge in [-0.2, -0.15) is 0 Å². The van der Waals surface area contributed by atoms with Gasteiger partial charge in [0.15, 0.2) is 6.54 Å². The van der Waals surface area contributed by atoms with Crippen molar-refractivity contribution >= 4 is 12.1 Å². The molecule has 0 aromatic rings. The van der Waals surface area contributed by atoms with Crippen LogP contribution in [0, 0.1) is 5.21 Å². The zero-order valence-electron chi connectivity index (χ0n) is 10.2. The van der Waals surface area contributed by atoms with E-state index in [4.69, 9.17) is 5.11 Å². The fourth-order valence-electron chi connectivity index (χ4n) is 0.734. The van der Waals surface area contributed by atoms with Gasteiger partial charge < -0.3 is 19.8 Å². The normalized spacial score (nSPS) is 12.5. The average molecular weight is 265 g/mol. The highest BCUT2D eigenvalue weighted by Crippen LogP contribution is 1.98. The van der Waals surface area contributed by atoms with Crippen molar-refractivity contribution in [2.45, 2.75) is 20.1 Å². The number of carbonyl (C=O) groups is 2. The molecule has 1 atom stereocenters. The van der Waals surface area contributed by atoms with Gasteiger partial charge in [0.05, 0.1) is 18.6 Å². The molecule has 1 unspecified atom stereocenters. The summed E-state index contributed by atoms with van der Waals surface area (Å²) in [6.45, 7) is 2.49. The van der Waals surface area contributed by atoms with Crippen molar-refractivity contribution in [3.05, 3.63) is 5.21 Å². The van der Waals surface area contributed by atoms with Crippen molar-refractivity contribution in [1.29, 1.82) is 0 Å². The highest BCUT2D eigenvalue weighted by atomic mass is 16.8. The Kier molecular flexibility index (Phi) is 6.93. The number of nitrogens with zero attached hydrogens (tertiary/aromatic N) is 3. The van der Waals surface area contributed by atoms with Gasteiger partial charge in [-0.1, -0.05) is 0 Å². The van der Waals surface area contributed by atoms with Crippen LogP contribution in [0.3, 0.4) is 0 Å². The smallest absolute Gasteiger partial charge is 0.511 e. The molecule has 0 fully saturated rings. The molecule has 0 aliphatic carbocycles. The highest BCUT2D eigenvalue weighted by Gasteiger charge is 2.15. The molecule has 0 aliphatic rings. The lowest BCUT2D eigenvalue weighted by molar-refractivity contribution is -0.705. The number of rotatable bonds is 7. The van der Waals surface area contributed by atoms with E-state index in [0.717, 1.165) is 5.01 Å². The maximum atomic E-state index is 11.1. The van der Waals surface area contributed by atoms with Gasteiger partial charge >= 0.3 is 12.1 Å². The van der Waals surface area contributed by atoms with Crippen LogP contribution in [0.15, 0.2) is 5.28 Å². The summed E-state index contributed by atoms with van der Waals surface area (Å²) >= 11 is 0. The Morgan fingerprint density at radius 2 is 2.17 bits per heavy atom. The van der Waals surface area contributed by atoms with E-state index in [1.54, 1.807) is 6.92 Å². The second-order valence-corrected chi connectivity index (χ2v) is 3.02. The minimum atomic E-state index is -1.20. The van der Waals surface area contributed by atoms with Crippen LogP contribution in [-0.2, 0) is 19.1 Å². The molecule has 0 heterocycles. The third-order valence-corrected chi connectivity index (χ3v) is 1.45. The monoisotopic (exact) mass is 265 g/mol. The minimum absolute atomic E-state index is 0.0842. The van der Waals surface area contributed by atoms with Crippen molar-refractivity contribution in [3.63, 3.8) is 0 Å². The molecule has 18 heavy (non-hydrogen) atoms. The van der Waals surface area contributed by atoms with Crippen LogP contribution in [0.2, 0.25) is 0 Å². The Hall–Kier alpha value is -2.26. The number of likely N-dealkylation sites (N-methyl/N-ethyl adjacent to an activating group) is 1. The maximum Gasteiger partial charge on any atom is 0.511 e. The molecule has 0 aromatic carbocycles. The van der Waals surface area contributed by atoms with E-state index >= 15 is 0 Å². The Morgan fingerprint density at radius 3 is 2.67 bits per heavy atom.